The van der Waals surface area contributed by atoms with E-state index < -0.39 is 0 Å². The number of nitrogens with two attached hydrogens (primary N) is 1. The van der Waals surface area contributed by atoms with Crippen molar-refractivity contribution >= 4 is 11.8 Å². The molecule has 1 saturated heterocycles. The highest BCUT2D eigenvalue weighted by Gasteiger charge is 2.18. The number of anilines is 2. The third kappa shape index (κ3) is 3.54. The number of nitrogen functional groups attached to an aromatic ring is 1. The summed E-state index contributed by atoms with van der Waals surface area (Å²) in [6, 6.07) is 1.80. The molecule has 1 atom stereocenters. The minimum atomic E-state index is 0.208. The van der Waals surface area contributed by atoms with Crippen molar-refractivity contribution in [2.75, 3.05) is 43.8 Å². The van der Waals surface area contributed by atoms with Crippen LogP contribution in [0.4, 0.5) is 11.8 Å². The highest BCUT2D eigenvalue weighted by molar-refractivity contribution is 5.37. The van der Waals surface area contributed by atoms with Gasteiger partial charge in [-0.05, 0) is 12.6 Å². The Morgan fingerprint density at radius 2 is 2.53 bits per heavy atom. The first-order valence-electron chi connectivity index (χ1n) is 5.94. The predicted molar refractivity (Wildman–Crippen MR) is 66.8 cm³/mol. The largest absolute Gasteiger partial charge is 0.374 e. The van der Waals surface area contributed by atoms with Gasteiger partial charge in [-0.25, -0.2) is 4.98 Å². The Morgan fingerprint density at radius 1 is 1.65 bits per heavy atom. The van der Waals surface area contributed by atoms with E-state index in [0.717, 1.165) is 38.6 Å². The Hall–Kier alpha value is -1.40. The van der Waals surface area contributed by atoms with Gasteiger partial charge in [0.1, 0.15) is 5.82 Å². The molecule has 94 valence electrons. The van der Waals surface area contributed by atoms with Gasteiger partial charge in [0.2, 0.25) is 5.95 Å². The summed E-state index contributed by atoms with van der Waals surface area (Å²) in [7, 11) is 0. The smallest absolute Gasteiger partial charge is 0.221 e. The summed E-state index contributed by atoms with van der Waals surface area (Å²) in [6.07, 6.45) is 1.85. The molecule has 0 spiro atoms. The molecule has 1 aliphatic heterocycles. The number of nitrogens with zero attached hydrogens (tertiary/aromatic N) is 3. The lowest BCUT2D eigenvalue weighted by molar-refractivity contribution is -0.0192. The molecule has 2 heterocycles. The number of hydrogen-bond acceptors (Lipinski definition) is 6. The van der Waals surface area contributed by atoms with Gasteiger partial charge < -0.3 is 15.8 Å². The third-order valence-electron chi connectivity index (χ3n) is 2.86. The summed E-state index contributed by atoms with van der Waals surface area (Å²) in [5.41, 5.74) is 5.51. The lowest BCUT2D eigenvalue weighted by Crippen LogP contribution is -2.45. The fraction of sp³-hybridized carbons (Fsp3) is 0.636. The molecule has 0 bridgehead atoms. The molecule has 1 fully saturated rings. The summed E-state index contributed by atoms with van der Waals surface area (Å²) < 4.78 is 5.68. The number of nitrogens with one attached hydrogen (secondary N) is 1. The zero-order valence-electron chi connectivity index (χ0n) is 10.1. The quantitative estimate of drug-likeness (QED) is 0.778. The highest BCUT2D eigenvalue weighted by atomic mass is 16.5. The second kappa shape index (κ2) is 5.79. The molecule has 0 saturated carbocycles. The maximum atomic E-state index is 5.68. The van der Waals surface area contributed by atoms with E-state index in [-0.39, 0.29) is 12.1 Å². The van der Waals surface area contributed by atoms with E-state index in [4.69, 9.17) is 10.5 Å². The van der Waals surface area contributed by atoms with Crippen molar-refractivity contribution in [3.63, 3.8) is 0 Å². The summed E-state index contributed by atoms with van der Waals surface area (Å²) in [4.78, 5) is 10.3. The molecule has 6 heteroatoms. The number of ether oxygens (including phenoxy) is 1. The van der Waals surface area contributed by atoms with E-state index in [1.54, 1.807) is 12.3 Å². The first-order valence-corrected chi connectivity index (χ1v) is 5.94. The molecule has 1 aromatic rings. The van der Waals surface area contributed by atoms with Crippen molar-refractivity contribution in [3.8, 4) is 0 Å². The van der Waals surface area contributed by atoms with Gasteiger partial charge in [0.05, 0.1) is 12.7 Å². The lowest BCUT2D eigenvalue weighted by atomic mass is 10.2. The van der Waals surface area contributed by atoms with Crippen LogP contribution in [0.5, 0.6) is 0 Å². The van der Waals surface area contributed by atoms with Crippen molar-refractivity contribution in [2.24, 2.45) is 0 Å². The monoisotopic (exact) mass is 237 g/mol. The van der Waals surface area contributed by atoms with Crippen LogP contribution >= 0.6 is 0 Å². The van der Waals surface area contributed by atoms with Crippen molar-refractivity contribution in [1.82, 2.24) is 14.9 Å². The van der Waals surface area contributed by atoms with Gasteiger partial charge in [-0.2, -0.15) is 4.98 Å². The average molecular weight is 237 g/mol. The van der Waals surface area contributed by atoms with Crippen LogP contribution in [0.15, 0.2) is 12.3 Å². The molecule has 0 radical (unpaired) electrons. The maximum absolute atomic E-state index is 5.68. The first kappa shape index (κ1) is 12.1. The number of hydrogen-bond donors (Lipinski definition) is 2. The molecule has 0 amide bonds. The van der Waals surface area contributed by atoms with E-state index >= 15 is 0 Å². The van der Waals surface area contributed by atoms with Gasteiger partial charge in [-0.3, -0.25) is 4.90 Å². The first-order chi connectivity index (χ1) is 8.28. The molecular formula is C11H19N5O. The zero-order valence-corrected chi connectivity index (χ0v) is 10.1. The average Bonchev–Trinajstić information content (AvgIpc) is 2.37. The van der Waals surface area contributed by atoms with E-state index in [1.165, 1.54) is 0 Å². The molecular weight excluding hydrogens is 218 g/mol. The Balaban J connectivity index is 1.81. The minimum Gasteiger partial charge on any atom is -0.374 e. The van der Waals surface area contributed by atoms with E-state index in [9.17, 15) is 0 Å². The molecule has 0 aromatic carbocycles. The van der Waals surface area contributed by atoms with E-state index in [2.05, 4.69) is 27.1 Å². The van der Waals surface area contributed by atoms with Gasteiger partial charge in [0.25, 0.3) is 0 Å². The van der Waals surface area contributed by atoms with Crippen molar-refractivity contribution in [1.29, 1.82) is 0 Å². The second-order valence-corrected chi connectivity index (χ2v) is 4.07. The Kier molecular flexibility index (Phi) is 4.11. The van der Waals surface area contributed by atoms with Crippen LogP contribution < -0.4 is 11.1 Å². The van der Waals surface area contributed by atoms with Crippen LogP contribution in [0.3, 0.4) is 0 Å². The lowest BCUT2D eigenvalue weighted by Gasteiger charge is -2.32. The van der Waals surface area contributed by atoms with Gasteiger partial charge in [0.15, 0.2) is 0 Å². The molecule has 17 heavy (non-hydrogen) atoms. The Bertz CT molecular complexity index is 359. The summed E-state index contributed by atoms with van der Waals surface area (Å²) in [6.45, 7) is 6.76. The Morgan fingerprint density at radius 3 is 3.29 bits per heavy atom. The van der Waals surface area contributed by atoms with Crippen LogP contribution in [0.25, 0.3) is 0 Å². The third-order valence-corrected chi connectivity index (χ3v) is 2.86. The maximum Gasteiger partial charge on any atom is 0.221 e. The molecule has 1 unspecified atom stereocenters. The van der Waals surface area contributed by atoms with Crippen LogP contribution in [-0.4, -0.2) is 53.8 Å². The predicted octanol–water partition coefficient (Wildman–Crippen LogP) is 0.191. The molecule has 3 N–H and O–H groups in total. The summed E-state index contributed by atoms with van der Waals surface area (Å²) in [5.74, 6) is 1.03. The van der Waals surface area contributed by atoms with Gasteiger partial charge in [-0.15, -0.1) is 0 Å². The summed E-state index contributed by atoms with van der Waals surface area (Å²) >= 11 is 0. The zero-order chi connectivity index (χ0) is 12.1. The number of aromatic nitrogens is 2. The van der Waals surface area contributed by atoms with Gasteiger partial charge in [0, 0.05) is 25.8 Å². The van der Waals surface area contributed by atoms with E-state index in [1.807, 2.05) is 0 Å². The fourth-order valence-corrected chi connectivity index (χ4v) is 1.88. The van der Waals surface area contributed by atoms with Gasteiger partial charge >= 0.3 is 0 Å². The molecule has 0 aliphatic carbocycles. The topological polar surface area (TPSA) is 76.3 Å². The number of likely N-dealkylation sites (N-methyl/N-ethyl adjacent to an activating group) is 1. The van der Waals surface area contributed by atoms with Crippen LogP contribution in [0.1, 0.15) is 6.92 Å². The normalized spacial score (nSPS) is 21.4. The number of rotatable bonds is 4. The van der Waals surface area contributed by atoms with Crippen LogP contribution in [-0.2, 0) is 4.74 Å². The number of morpholine rings is 1. The van der Waals surface area contributed by atoms with Gasteiger partial charge in [-0.1, -0.05) is 6.92 Å². The van der Waals surface area contributed by atoms with E-state index in [0.29, 0.717) is 0 Å². The van der Waals surface area contributed by atoms with Crippen molar-refractivity contribution in [2.45, 2.75) is 13.0 Å². The summed E-state index contributed by atoms with van der Waals surface area (Å²) in [5, 5.41) is 3.22. The van der Waals surface area contributed by atoms with Crippen molar-refractivity contribution in [3.05, 3.63) is 12.3 Å². The highest BCUT2D eigenvalue weighted by Crippen LogP contribution is 2.07. The van der Waals surface area contributed by atoms with Crippen LogP contribution in [0.2, 0.25) is 0 Å². The van der Waals surface area contributed by atoms with Crippen molar-refractivity contribution < 1.29 is 4.74 Å². The minimum absolute atomic E-state index is 0.208. The molecule has 1 aliphatic rings. The Labute approximate surface area is 101 Å². The molecule has 6 nitrogen and oxygen atoms in total. The SMILES string of the molecule is CCN1CCOC(CNc2ccnc(N)n2)C1. The standard InChI is InChI=1S/C11H19N5O/c1-2-16-5-6-17-9(8-16)7-14-10-3-4-13-11(12)15-10/h3-4,9H,2,5-8H2,1H3,(H3,12,13,14,15). The second-order valence-electron chi connectivity index (χ2n) is 4.07. The molecule has 2 rings (SSSR count). The molecule has 1 aromatic heterocycles. The van der Waals surface area contributed by atoms with Crippen LogP contribution in [0, 0.1) is 0 Å². The fourth-order valence-electron chi connectivity index (χ4n) is 1.88.